The van der Waals surface area contributed by atoms with Crippen molar-refractivity contribution in [1.82, 2.24) is 19.8 Å². The monoisotopic (exact) mass is 320 g/mol. The second-order valence-electron chi connectivity index (χ2n) is 6.28. The molecule has 1 aliphatic heterocycles. The summed E-state index contributed by atoms with van der Waals surface area (Å²) in [7, 11) is 0. The van der Waals surface area contributed by atoms with E-state index < -0.39 is 0 Å². The average Bonchev–Trinajstić information content (AvgIpc) is 3.22. The molecule has 4 rings (SSSR count). The van der Waals surface area contributed by atoms with E-state index in [9.17, 15) is 4.79 Å². The fourth-order valence-electron chi connectivity index (χ4n) is 3.24. The predicted octanol–water partition coefficient (Wildman–Crippen LogP) is 2.34. The summed E-state index contributed by atoms with van der Waals surface area (Å²) < 4.78 is 1.73. The van der Waals surface area contributed by atoms with E-state index in [0.29, 0.717) is 5.69 Å². The highest BCUT2D eigenvalue weighted by molar-refractivity contribution is 5.93. The van der Waals surface area contributed by atoms with E-state index in [1.807, 2.05) is 36.5 Å². The molecule has 1 aliphatic rings. The minimum Gasteiger partial charge on any atom is -0.347 e. The van der Waals surface area contributed by atoms with Crippen LogP contribution in [-0.4, -0.2) is 39.6 Å². The van der Waals surface area contributed by atoms with Gasteiger partial charge in [0.2, 0.25) is 0 Å². The van der Waals surface area contributed by atoms with Gasteiger partial charge in [0, 0.05) is 31.9 Å². The van der Waals surface area contributed by atoms with E-state index in [2.05, 4.69) is 39.6 Å². The van der Waals surface area contributed by atoms with Crippen LogP contribution in [0.3, 0.4) is 0 Å². The maximum Gasteiger partial charge on any atom is 0.272 e. The SMILES string of the molecule is O=C(N[C@@H]1CCN(Cc2ccccc2)C1)c1cc2ccccn2n1. The van der Waals surface area contributed by atoms with Crippen molar-refractivity contribution < 1.29 is 4.79 Å². The van der Waals surface area contributed by atoms with Crippen LogP contribution in [0.4, 0.5) is 0 Å². The molecule has 1 fully saturated rings. The highest BCUT2D eigenvalue weighted by Crippen LogP contribution is 2.14. The molecule has 122 valence electrons. The van der Waals surface area contributed by atoms with Crippen LogP contribution in [0.15, 0.2) is 60.8 Å². The number of rotatable bonds is 4. The number of benzene rings is 1. The van der Waals surface area contributed by atoms with Crippen molar-refractivity contribution in [3.63, 3.8) is 0 Å². The Bertz CT molecular complexity index is 810. The third-order valence-electron chi connectivity index (χ3n) is 4.46. The van der Waals surface area contributed by atoms with Gasteiger partial charge in [0.1, 0.15) is 0 Å². The maximum atomic E-state index is 12.4. The molecule has 1 saturated heterocycles. The number of aromatic nitrogens is 2. The normalized spacial score (nSPS) is 18.1. The van der Waals surface area contributed by atoms with Gasteiger partial charge >= 0.3 is 0 Å². The number of carbonyl (C=O) groups is 1. The number of fused-ring (bicyclic) bond motifs is 1. The molecule has 0 unspecified atom stereocenters. The molecule has 5 nitrogen and oxygen atoms in total. The number of hydrogen-bond acceptors (Lipinski definition) is 3. The van der Waals surface area contributed by atoms with E-state index in [4.69, 9.17) is 0 Å². The minimum atomic E-state index is -0.0924. The van der Waals surface area contributed by atoms with Gasteiger partial charge in [-0.1, -0.05) is 36.4 Å². The molecule has 0 radical (unpaired) electrons. The Balaban J connectivity index is 1.36. The predicted molar refractivity (Wildman–Crippen MR) is 92.8 cm³/mol. The third-order valence-corrected chi connectivity index (χ3v) is 4.46. The first kappa shape index (κ1) is 14.9. The summed E-state index contributed by atoms with van der Waals surface area (Å²) >= 11 is 0. The van der Waals surface area contributed by atoms with Gasteiger partial charge in [0.25, 0.3) is 5.91 Å². The van der Waals surface area contributed by atoms with Gasteiger partial charge in [-0.05, 0) is 30.2 Å². The summed E-state index contributed by atoms with van der Waals surface area (Å²) in [6.07, 6.45) is 2.83. The summed E-state index contributed by atoms with van der Waals surface area (Å²) in [5, 5.41) is 7.45. The van der Waals surface area contributed by atoms with E-state index >= 15 is 0 Å². The molecular weight excluding hydrogens is 300 g/mol. The van der Waals surface area contributed by atoms with Crippen LogP contribution in [-0.2, 0) is 6.54 Å². The van der Waals surface area contributed by atoms with Crippen LogP contribution in [0, 0.1) is 0 Å². The first-order valence-corrected chi connectivity index (χ1v) is 8.29. The van der Waals surface area contributed by atoms with Gasteiger partial charge in [0.15, 0.2) is 5.69 Å². The van der Waals surface area contributed by atoms with Crippen LogP contribution >= 0.6 is 0 Å². The molecular formula is C19H20N4O. The summed E-state index contributed by atoms with van der Waals surface area (Å²) in [4.78, 5) is 14.8. The lowest BCUT2D eigenvalue weighted by Gasteiger charge is -2.16. The Kier molecular flexibility index (Phi) is 4.01. The molecule has 1 atom stereocenters. The zero-order valence-electron chi connectivity index (χ0n) is 13.4. The van der Waals surface area contributed by atoms with Gasteiger partial charge < -0.3 is 5.32 Å². The molecule has 0 spiro atoms. The van der Waals surface area contributed by atoms with Crippen molar-refractivity contribution in [3.8, 4) is 0 Å². The molecule has 1 amide bonds. The first-order chi connectivity index (χ1) is 11.8. The third kappa shape index (κ3) is 3.16. The average molecular weight is 320 g/mol. The molecule has 1 N–H and O–H groups in total. The smallest absolute Gasteiger partial charge is 0.272 e. The second-order valence-corrected chi connectivity index (χ2v) is 6.28. The Morgan fingerprint density at radius 2 is 2.00 bits per heavy atom. The fraction of sp³-hybridized carbons (Fsp3) is 0.263. The van der Waals surface area contributed by atoms with Gasteiger partial charge in [-0.25, -0.2) is 4.52 Å². The second kappa shape index (κ2) is 6.45. The van der Waals surface area contributed by atoms with E-state index in [-0.39, 0.29) is 11.9 Å². The number of nitrogens with one attached hydrogen (secondary N) is 1. The zero-order chi connectivity index (χ0) is 16.4. The lowest BCUT2D eigenvalue weighted by Crippen LogP contribution is -2.37. The number of pyridine rings is 1. The number of likely N-dealkylation sites (tertiary alicyclic amines) is 1. The first-order valence-electron chi connectivity index (χ1n) is 8.29. The molecule has 3 aromatic rings. The number of carbonyl (C=O) groups excluding carboxylic acids is 1. The molecule has 1 aromatic carbocycles. The molecule has 5 heteroatoms. The Hall–Kier alpha value is -2.66. The van der Waals surface area contributed by atoms with E-state index in [1.165, 1.54) is 5.56 Å². The van der Waals surface area contributed by atoms with Crippen LogP contribution in [0.25, 0.3) is 5.52 Å². The fourth-order valence-corrected chi connectivity index (χ4v) is 3.24. The van der Waals surface area contributed by atoms with Crippen LogP contribution < -0.4 is 5.32 Å². The van der Waals surface area contributed by atoms with Gasteiger partial charge in [-0.2, -0.15) is 5.10 Å². The van der Waals surface area contributed by atoms with Crippen LogP contribution in [0.1, 0.15) is 22.5 Å². The van der Waals surface area contributed by atoms with Crippen LogP contribution in [0.2, 0.25) is 0 Å². The molecule has 0 bridgehead atoms. The topological polar surface area (TPSA) is 49.6 Å². The maximum absolute atomic E-state index is 12.4. The summed E-state index contributed by atoms with van der Waals surface area (Å²) in [5.41, 5.74) is 2.72. The van der Waals surface area contributed by atoms with Crippen molar-refractivity contribution in [1.29, 1.82) is 0 Å². The molecule has 2 aromatic heterocycles. The van der Waals surface area contributed by atoms with E-state index in [0.717, 1.165) is 31.6 Å². The van der Waals surface area contributed by atoms with Crippen molar-refractivity contribution >= 4 is 11.4 Å². The highest BCUT2D eigenvalue weighted by Gasteiger charge is 2.25. The van der Waals surface area contributed by atoms with Crippen molar-refractivity contribution in [2.45, 2.75) is 19.0 Å². The summed E-state index contributed by atoms with van der Waals surface area (Å²) in [6.45, 7) is 2.82. The standard InChI is InChI=1S/C19H20N4O/c24-19(18-12-17-8-4-5-10-23(17)21-18)20-16-9-11-22(14-16)13-15-6-2-1-3-7-15/h1-8,10,12,16H,9,11,13-14H2,(H,20,24)/t16-/m1/s1. The zero-order valence-corrected chi connectivity index (χ0v) is 13.4. The van der Waals surface area contributed by atoms with Crippen molar-refractivity contribution in [2.24, 2.45) is 0 Å². The largest absolute Gasteiger partial charge is 0.347 e. The Morgan fingerprint density at radius 3 is 2.83 bits per heavy atom. The molecule has 0 saturated carbocycles. The quantitative estimate of drug-likeness (QED) is 0.803. The highest BCUT2D eigenvalue weighted by atomic mass is 16.2. The van der Waals surface area contributed by atoms with Crippen molar-refractivity contribution in [3.05, 3.63) is 72.1 Å². The molecule has 3 heterocycles. The van der Waals surface area contributed by atoms with Crippen molar-refractivity contribution in [2.75, 3.05) is 13.1 Å². The van der Waals surface area contributed by atoms with Gasteiger partial charge in [0.05, 0.1) is 5.52 Å². The summed E-state index contributed by atoms with van der Waals surface area (Å²) in [6, 6.07) is 18.2. The number of nitrogens with zero attached hydrogens (tertiary/aromatic N) is 3. The Labute approximate surface area is 140 Å². The minimum absolute atomic E-state index is 0.0924. The molecule has 24 heavy (non-hydrogen) atoms. The van der Waals surface area contributed by atoms with Crippen LogP contribution in [0.5, 0.6) is 0 Å². The Morgan fingerprint density at radius 1 is 1.17 bits per heavy atom. The van der Waals surface area contributed by atoms with Gasteiger partial charge in [-0.3, -0.25) is 9.69 Å². The molecule has 0 aliphatic carbocycles. The lowest BCUT2D eigenvalue weighted by molar-refractivity contribution is 0.0932. The summed E-state index contributed by atoms with van der Waals surface area (Å²) in [5.74, 6) is -0.0924. The van der Waals surface area contributed by atoms with Gasteiger partial charge in [-0.15, -0.1) is 0 Å². The lowest BCUT2D eigenvalue weighted by atomic mass is 10.2. The number of hydrogen-bond donors (Lipinski definition) is 1. The number of amides is 1. The van der Waals surface area contributed by atoms with E-state index in [1.54, 1.807) is 4.52 Å².